The first-order valence-corrected chi connectivity index (χ1v) is 9.47. The molecule has 3 rings (SSSR count). The van der Waals surface area contributed by atoms with Gasteiger partial charge < -0.3 is 10.6 Å². The van der Waals surface area contributed by atoms with Crippen molar-refractivity contribution in [2.24, 2.45) is 0 Å². The fourth-order valence-corrected chi connectivity index (χ4v) is 3.31. The minimum atomic E-state index is -4.47. The number of rotatable bonds is 4. The van der Waals surface area contributed by atoms with Gasteiger partial charge >= 0.3 is 6.18 Å². The molecule has 2 aromatic rings. The van der Waals surface area contributed by atoms with Crippen LogP contribution in [-0.4, -0.2) is 27.9 Å². The molecular weight excluding hydrogens is 425 g/mol. The summed E-state index contributed by atoms with van der Waals surface area (Å²) in [6, 6.07) is 4.62. The lowest BCUT2D eigenvalue weighted by molar-refractivity contribution is -0.173. The van der Waals surface area contributed by atoms with E-state index in [1.54, 1.807) is 24.3 Å². The summed E-state index contributed by atoms with van der Waals surface area (Å²) in [5.74, 6) is -0.340. The van der Waals surface area contributed by atoms with Crippen LogP contribution >= 0.6 is 15.9 Å². The Morgan fingerprint density at radius 1 is 1.41 bits per heavy atom. The van der Waals surface area contributed by atoms with E-state index in [9.17, 15) is 18.0 Å². The van der Waals surface area contributed by atoms with Gasteiger partial charge in [0.15, 0.2) is 6.04 Å². The van der Waals surface area contributed by atoms with Gasteiger partial charge in [-0.3, -0.25) is 4.79 Å². The van der Waals surface area contributed by atoms with Crippen molar-refractivity contribution in [1.82, 2.24) is 15.1 Å². The minimum Gasteiger partial charge on any atom is -0.363 e. The van der Waals surface area contributed by atoms with Gasteiger partial charge in [0, 0.05) is 16.9 Å². The van der Waals surface area contributed by atoms with E-state index in [1.807, 2.05) is 13.8 Å². The van der Waals surface area contributed by atoms with E-state index in [2.05, 4.69) is 31.7 Å². The van der Waals surface area contributed by atoms with Crippen LogP contribution in [0.5, 0.6) is 0 Å². The molecule has 2 heterocycles. The molecule has 1 aromatic heterocycles. The van der Waals surface area contributed by atoms with E-state index in [-0.39, 0.29) is 23.8 Å². The second-order valence-electron chi connectivity index (χ2n) is 6.68. The molecule has 146 valence electrons. The summed E-state index contributed by atoms with van der Waals surface area (Å²) in [5, 5.41) is 9.72. The van der Waals surface area contributed by atoms with Crippen LogP contribution in [0.15, 0.2) is 34.9 Å². The average Bonchev–Trinajstić information content (AvgIpc) is 3.04. The van der Waals surface area contributed by atoms with Gasteiger partial charge in [0.05, 0.1) is 12.2 Å². The van der Waals surface area contributed by atoms with E-state index < -0.39 is 24.2 Å². The molecule has 0 bridgehead atoms. The molecule has 5 nitrogen and oxygen atoms in total. The summed E-state index contributed by atoms with van der Waals surface area (Å²) in [6.45, 7) is 3.75. The topological polar surface area (TPSA) is 59.0 Å². The third kappa shape index (κ3) is 4.12. The molecule has 1 aliphatic heterocycles. The van der Waals surface area contributed by atoms with Crippen molar-refractivity contribution in [2.75, 3.05) is 5.32 Å². The molecular formula is C18H20BrF3N4O. The first kappa shape index (κ1) is 19.7. The van der Waals surface area contributed by atoms with Crippen molar-refractivity contribution in [3.8, 4) is 0 Å². The van der Waals surface area contributed by atoms with Gasteiger partial charge in [0.2, 0.25) is 0 Å². The Morgan fingerprint density at radius 3 is 2.67 bits per heavy atom. The maximum atomic E-state index is 13.7. The van der Waals surface area contributed by atoms with Crippen LogP contribution in [0, 0.1) is 0 Å². The largest absolute Gasteiger partial charge is 0.410 e. The number of amides is 1. The lowest BCUT2D eigenvalue weighted by Gasteiger charge is -2.34. The van der Waals surface area contributed by atoms with E-state index in [4.69, 9.17) is 0 Å². The predicted octanol–water partition coefficient (Wildman–Crippen LogP) is 4.83. The maximum Gasteiger partial charge on any atom is 0.410 e. The third-order valence-electron chi connectivity index (χ3n) is 4.75. The van der Waals surface area contributed by atoms with Crippen LogP contribution < -0.4 is 10.6 Å². The molecule has 0 saturated carbocycles. The van der Waals surface area contributed by atoms with Gasteiger partial charge in [-0.25, -0.2) is 4.68 Å². The zero-order valence-corrected chi connectivity index (χ0v) is 16.4. The maximum absolute atomic E-state index is 13.7. The number of carbonyl (C=O) groups is 1. The fraction of sp³-hybridized carbons (Fsp3) is 0.444. The highest BCUT2D eigenvalue weighted by Crippen LogP contribution is 2.44. The number of hydrogen-bond acceptors (Lipinski definition) is 3. The lowest BCUT2D eigenvalue weighted by Crippen LogP contribution is -2.37. The van der Waals surface area contributed by atoms with Crippen molar-refractivity contribution >= 4 is 27.7 Å². The second-order valence-corrected chi connectivity index (χ2v) is 7.59. The molecule has 27 heavy (non-hydrogen) atoms. The van der Waals surface area contributed by atoms with Gasteiger partial charge in [-0.2, -0.15) is 18.3 Å². The smallest absolute Gasteiger partial charge is 0.363 e. The van der Waals surface area contributed by atoms with Crippen molar-refractivity contribution < 1.29 is 18.0 Å². The zero-order valence-electron chi connectivity index (χ0n) is 14.8. The summed E-state index contributed by atoms with van der Waals surface area (Å²) in [4.78, 5) is 12.5. The van der Waals surface area contributed by atoms with Crippen molar-refractivity contribution in [1.29, 1.82) is 0 Å². The molecule has 0 saturated heterocycles. The lowest BCUT2D eigenvalue weighted by atomic mass is 9.96. The molecule has 1 amide bonds. The Morgan fingerprint density at radius 2 is 2.07 bits per heavy atom. The molecule has 0 spiro atoms. The summed E-state index contributed by atoms with van der Waals surface area (Å²) in [7, 11) is 0. The summed E-state index contributed by atoms with van der Waals surface area (Å²) in [6.07, 6.45) is -2.76. The van der Waals surface area contributed by atoms with Crippen molar-refractivity contribution in [2.45, 2.75) is 51.0 Å². The Hall–Kier alpha value is -2.03. The normalized spacial score (nSPS) is 20.5. The molecule has 9 heteroatoms. The number of aromatic nitrogens is 2. The number of nitrogens with zero attached hydrogens (tertiary/aromatic N) is 2. The Balaban J connectivity index is 1.98. The standard InChI is InChI=1S/C18H20BrF3N4O/c1-3-10(2)24-17(27)13-9-23-26-15(18(20,21)22)8-14(25-16(13)26)11-4-6-12(19)7-5-11/h4-7,9-10,14-15,25H,3,8H2,1-2H3,(H,24,27)/t10-,14-,15-/m0/s1. The Kier molecular flexibility index (Phi) is 5.50. The quantitative estimate of drug-likeness (QED) is 0.709. The molecule has 0 aliphatic carbocycles. The number of hydrogen-bond donors (Lipinski definition) is 2. The molecule has 0 radical (unpaired) electrons. The van der Waals surface area contributed by atoms with Crippen LogP contribution in [0.4, 0.5) is 19.0 Å². The molecule has 1 aliphatic rings. The molecule has 0 unspecified atom stereocenters. The van der Waals surface area contributed by atoms with E-state index >= 15 is 0 Å². The van der Waals surface area contributed by atoms with E-state index in [0.717, 1.165) is 15.6 Å². The van der Waals surface area contributed by atoms with Crippen LogP contribution in [0.2, 0.25) is 0 Å². The zero-order chi connectivity index (χ0) is 19.8. The highest BCUT2D eigenvalue weighted by atomic mass is 79.9. The van der Waals surface area contributed by atoms with Crippen LogP contribution in [0.3, 0.4) is 0 Å². The van der Waals surface area contributed by atoms with Crippen molar-refractivity contribution in [3.63, 3.8) is 0 Å². The third-order valence-corrected chi connectivity index (χ3v) is 5.27. The molecule has 1 aromatic carbocycles. The molecule has 2 N–H and O–H groups in total. The fourth-order valence-electron chi connectivity index (χ4n) is 3.05. The molecule has 3 atom stereocenters. The first-order valence-electron chi connectivity index (χ1n) is 8.67. The number of nitrogens with one attached hydrogen (secondary N) is 2. The number of anilines is 1. The minimum absolute atomic E-state index is 0.0858. The molecule has 0 fully saturated rings. The van der Waals surface area contributed by atoms with E-state index in [0.29, 0.717) is 5.56 Å². The number of halogens is 4. The van der Waals surface area contributed by atoms with Crippen LogP contribution in [-0.2, 0) is 0 Å². The highest BCUT2D eigenvalue weighted by molar-refractivity contribution is 9.10. The number of carbonyl (C=O) groups excluding carboxylic acids is 1. The van der Waals surface area contributed by atoms with Gasteiger partial charge in [0.1, 0.15) is 11.4 Å². The number of benzene rings is 1. The first-order chi connectivity index (χ1) is 12.7. The number of alkyl halides is 3. The van der Waals surface area contributed by atoms with E-state index in [1.165, 1.54) is 6.20 Å². The van der Waals surface area contributed by atoms with Crippen LogP contribution in [0.1, 0.15) is 54.7 Å². The predicted molar refractivity (Wildman–Crippen MR) is 99.7 cm³/mol. The monoisotopic (exact) mass is 444 g/mol. The van der Waals surface area contributed by atoms with Gasteiger partial charge in [-0.1, -0.05) is 35.0 Å². The second kappa shape index (κ2) is 7.53. The average molecular weight is 445 g/mol. The Bertz CT molecular complexity index is 819. The van der Waals surface area contributed by atoms with Crippen LogP contribution in [0.25, 0.3) is 0 Å². The van der Waals surface area contributed by atoms with Gasteiger partial charge in [-0.15, -0.1) is 0 Å². The summed E-state index contributed by atoms with van der Waals surface area (Å²) >= 11 is 3.33. The highest BCUT2D eigenvalue weighted by Gasteiger charge is 2.47. The summed E-state index contributed by atoms with van der Waals surface area (Å²) in [5.41, 5.74) is 0.833. The Labute approximate surface area is 163 Å². The van der Waals surface area contributed by atoms with Gasteiger partial charge in [-0.05, 0) is 31.0 Å². The van der Waals surface area contributed by atoms with Gasteiger partial charge in [0.25, 0.3) is 5.91 Å². The van der Waals surface area contributed by atoms with Crippen molar-refractivity contribution in [3.05, 3.63) is 46.1 Å². The SMILES string of the molecule is CC[C@H](C)NC(=O)c1cnn2c1N[C@H](c1ccc(Br)cc1)C[C@H]2C(F)(F)F. The number of fused-ring (bicyclic) bond motifs is 1. The summed E-state index contributed by atoms with van der Waals surface area (Å²) < 4.78 is 42.7.